The van der Waals surface area contributed by atoms with Crippen LogP contribution in [0.15, 0.2) is 0 Å². The predicted octanol–water partition coefficient (Wildman–Crippen LogP) is 4.26. The molecule has 0 heterocycles. The molecule has 1 nitrogen and oxygen atoms in total. The molecule has 0 N–H and O–H groups in total. The summed E-state index contributed by atoms with van der Waals surface area (Å²) in [5, 5.41) is 0. The number of benzene rings is 1. The van der Waals surface area contributed by atoms with Gasteiger partial charge >= 0.3 is 3.98 Å². The quantitative estimate of drug-likeness (QED) is 0.427. The summed E-state index contributed by atoms with van der Waals surface area (Å²) in [5.74, 6) is -8.16. The molecule has 0 bridgehead atoms. The van der Waals surface area contributed by atoms with E-state index in [1.54, 1.807) is 0 Å². The summed E-state index contributed by atoms with van der Waals surface area (Å²) < 4.78 is 53.9. The molecule has 0 radical (unpaired) electrons. The van der Waals surface area contributed by atoms with E-state index < -0.39 is 38.6 Å². The first-order valence-corrected chi connectivity index (χ1v) is 4.87. The van der Waals surface area contributed by atoms with Gasteiger partial charge in [0.1, 0.15) is 0 Å². The molecule has 90 valence electrons. The highest BCUT2D eigenvalue weighted by Crippen LogP contribution is 2.36. The number of halogens is 7. The Bertz CT molecular complexity index is 401. The van der Waals surface area contributed by atoms with Gasteiger partial charge in [-0.3, -0.25) is 0 Å². The lowest BCUT2D eigenvalue weighted by molar-refractivity contribution is 0.270. The molecule has 16 heavy (non-hydrogen) atoms. The Labute approximate surface area is 103 Å². The molecule has 0 saturated carbocycles. The zero-order valence-corrected chi connectivity index (χ0v) is 9.82. The van der Waals surface area contributed by atoms with Crippen molar-refractivity contribution in [3.63, 3.8) is 0 Å². The fourth-order valence-electron chi connectivity index (χ4n) is 0.927. The van der Waals surface area contributed by atoms with Gasteiger partial charge in [0.25, 0.3) is 0 Å². The molecule has 1 rings (SSSR count). The Kier molecular flexibility index (Phi) is 3.82. The van der Waals surface area contributed by atoms with Crippen molar-refractivity contribution in [3.05, 3.63) is 28.8 Å². The van der Waals surface area contributed by atoms with Crippen LogP contribution in [0.5, 0.6) is 5.75 Å². The summed E-state index contributed by atoms with van der Waals surface area (Å²) in [4.78, 5) is 0. The minimum absolute atomic E-state index is 0.827. The summed E-state index contributed by atoms with van der Waals surface area (Å²) in [5.41, 5.74) is -0.827. The average molecular weight is 297 g/mol. The van der Waals surface area contributed by atoms with Gasteiger partial charge in [0.15, 0.2) is 11.6 Å². The number of ether oxygens (including phenoxy) is 1. The smallest absolute Gasteiger partial charge is 0.338 e. The molecule has 0 aliphatic rings. The van der Waals surface area contributed by atoms with Crippen molar-refractivity contribution in [2.75, 3.05) is 0 Å². The lowest BCUT2D eigenvalue weighted by Gasteiger charge is -2.16. The minimum atomic E-state index is -2.53. The van der Waals surface area contributed by atoms with Crippen LogP contribution in [0, 0.1) is 30.2 Å². The van der Waals surface area contributed by atoms with E-state index in [1.807, 2.05) is 0 Å². The van der Waals surface area contributed by atoms with Gasteiger partial charge in [-0.2, -0.15) is 8.78 Å². The molecule has 0 saturated heterocycles. The first kappa shape index (κ1) is 13.7. The topological polar surface area (TPSA) is 9.23 Å². The highest BCUT2D eigenvalue weighted by molar-refractivity contribution is 6.66. The molecule has 1 aromatic carbocycles. The second kappa shape index (κ2) is 4.47. The van der Waals surface area contributed by atoms with Crippen LogP contribution in [0.4, 0.5) is 17.6 Å². The van der Waals surface area contributed by atoms with Crippen molar-refractivity contribution < 1.29 is 22.3 Å². The minimum Gasteiger partial charge on any atom is -0.439 e. The Morgan fingerprint density at radius 1 is 0.875 bits per heavy atom. The predicted molar refractivity (Wildman–Crippen MR) is 51.9 cm³/mol. The number of hydrogen-bond donors (Lipinski definition) is 0. The van der Waals surface area contributed by atoms with E-state index in [0.29, 0.717) is 0 Å². The third-order valence-corrected chi connectivity index (χ3v) is 1.89. The van der Waals surface area contributed by atoms with Crippen LogP contribution in [0.2, 0.25) is 0 Å². The molecule has 0 aliphatic carbocycles. The van der Waals surface area contributed by atoms with Crippen LogP contribution in [-0.2, 0) is 0 Å². The summed E-state index contributed by atoms with van der Waals surface area (Å²) >= 11 is 15.3. The van der Waals surface area contributed by atoms with Gasteiger partial charge in [0.2, 0.25) is 17.4 Å². The van der Waals surface area contributed by atoms with Gasteiger partial charge in [-0.05, 0) is 41.7 Å². The summed E-state index contributed by atoms with van der Waals surface area (Å²) in [6.45, 7) is 0.857. The summed E-state index contributed by atoms with van der Waals surface area (Å²) in [6, 6.07) is 0. The molecule has 0 unspecified atom stereocenters. The molecular formula is C8H3Cl3F4O. The maximum absolute atomic E-state index is 13.2. The van der Waals surface area contributed by atoms with E-state index in [9.17, 15) is 17.6 Å². The number of rotatable bonds is 1. The Balaban J connectivity index is 3.40. The van der Waals surface area contributed by atoms with Crippen molar-refractivity contribution in [3.8, 4) is 5.75 Å². The third-order valence-electron chi connectivity index (χ3n) is 1.66. The summed E-state index contributed by atoms with van der Waals surface area (Å²) in [6.07, 6.45) is 0. The van der Waals surface area contributed by atoms with E-state index in [2.05, 4.69) is 4.74 Å². The lowest BCUT2D eigenvalue weighted by atomic mass is 10.2. The van der Waals surface area contributed by atoms with Crippen LogP contribution in [0.25, 0.3) is 0 Å². The average Bonchev–Trinajstić information content (AvgIpc) is 2.17. The van der Waals surface area contributed by atoms with Gasteiger partial charge < -0.3 is 4.74 Å². The fourth-order valence-corrected chi connectivity index (χ4v) is 1.16. The third kappa shape index (κ3) is 2.64. The van der Waals surface area contributed by atoms with Gasteiger partial charge in [0, 0.05) is 5.56 Å². The highest BCUT2D eigenvalue weighted by atomic mass is 35.6. The van der Waals surface area contributed by atoms with Crippen LogP contribution in [-0.4, -0.2) is 3.98 Å². The first-order chi connectivity index (χ1) is 7.15. The van der Waals surface area contributed by atoms with Crippen molar-refractivity contribution >= 4 is 34.8 Å². The Morgan fingerprint density at radius 2 is 1.25 bits per heavy atom. The van der Waals surface area contributed by atoms with E-state index in [-0.39, 0.29) is 0 Å². The fraction of sp³-hybridized carbons (Fsp3) is 0.250. The van der Waals surface area contributed by atoms with Gasteiger partial charge in [0.05, 0.1) is 0 Å². The first-order valence-electron chi connectivity index (χ1n) is 3.73. The van der Waals surface area contributed by atoms with Gasteiger partial charge in [-0.15, -0.1) is 0 Å². The largest absolute Gasteiger partial charge is 0.439 e. The van der Waals surface area contributed by atoms with E-state index in [4.69, 9.17) is 34.8 Å². The number of alkyl halides is 3. The molecule has 0 atom stereocenters. The lowest BCUT2D eigenvalue weighted by Crippen LogP contribution is -2.16. The number of hydrogen-bond acceptors (Lipinski definition) is 1. The van der Waals surface area contributed by atoms with Crippen LogP contribution in [0.1, 0.15) is 5.56 Å². The highest BCUT2D eigenvalue weighted by Gasteiger charge is 2.31. The zero-order valence-electron chi connectivity index (χ0n) is 7.55. The van der Waals surface area contributed by atoms with Gasteiger partial charge in [-0.25, -0.2) is 8.78 Å². The van der Waals surface area contributed by atoms with Crippen LogP contribution < -0.4 is 4.74 Å². The monoisotopic (exact) mass is 296 g/mol. The van der Waals surface area contributed by atoms with Crippen molar-refractivity contribution in [1.29, 1.82) is 0 Å². The Morgan fingerprint density at radius 3 is 1.56 bits per heavy atom. The molecule has 0 aromatic heterocycles. The molecule has 0 spiro atoms. The second-order valence-corrected chi connectivity index (χ2v) is 4.94. The SMILES string of the molecule is Cc1c(F)c(F)c(OC(Cl)(Cl)Cl)c(F)c1F. The van der Waals surface area contributed by atoms with E-state index >= 15 is 0 Å². The van der Waals surface area contributed by atoms with E-state index in [1.165, 1.54) is 0 Å². The molecule has 8 heteroatoms. The van der Waals surface area contributed by atoms with E-state index in [0.717, 1.165) is 6.92 Å². The van der Waals surface area contributed by atoms with Gasteiger partial charge in [-0.1, -0.05) is 0 Å². The maximum atomic E-state index is 13.2. The summed E-state index contributed by atoms with van der Waals surface area (Å²) in [7, 11) is 0. The molecular weight excluding hydrogens is 294 g/mol. The van der Waals surface area contributed by atoms with Crippen molar-refractivity contribution in [1.82, 2.24) is 0 Å². The molecule has 0 amide bonds. The Hall–Kier alpha value is -0.390. The molecule has 1 aromatic rings. The van der Waals surface area contributed by atoms with Crippen molar-refractivity contribution in [2.45, 2.75) is 10.9 Å². The normalized spacial score (nSPS) is 11.8. The van der Waals surface area contributed by atoms with Crippen LogP contribution in [0.3, 0.4) is 0 Å². The molecule has 0 aliphatic heterocycles. The maximum Gasteiger partial charge on any atom is 0.338 e. The van der Waals surface area contributed by atoms with Crippen LogP contribution >= 0.6 is 34.8 Å². The van der Waals surface area contributed by atoms with Crippen molar-refractivity contribution in [2.24, 2.45) is 0 Å². The second-order valence-electron chi connectivity index (χ2n) is 2.76. The standard InChI is InChI=1S/C8H3Cl3F4O/c1-2-3(12)5(14)7(6(15)4(2)13)16-8(9,10)11/h1H3. The zero-order chi connectivity index (χ0) is 12.7. The molecule has 0 fully saturated rings.